The Bertz CT molecular complexity index is 1440. The molecular formula is C29H27N3O4. The number of aromatic nitrogens is 1. The summed E-state index contributed by atoms with van der Waals surface area (Å²) >= 11 is 0. The summed E-state index contributed by atoms with van der Waals surface area (Å²) in [5.41, 5.74) is 7.46. The molecule has 1 aliphatic carbocycles. The van der Waals surface area contributed by atoms with Crippen molar-refractivity contribution in [1.82, 2.24) is 15.4 Å². The van der Waals surface area contributed by atoms with Crippen LogP contribution in [0.1, 0.15) is 45.1 Å². The van der Waals surface area contributed by atoms with Gasteiger partial charge in [0.2, 0.25) is 0 Å². The van der Waals surface area contributed by atoms with Gasteiger partial charge in [0.05, 0.1) is 6.04 Å². The average molecular weight is 482 g/mol. The number of amides is 2. The number of carbonyl (C=O) groups is 2. The molecule has 1 heterocycles. The van der Waals surface area contributed by atoms with Crippen molar-refractivity contribution in [1.29, 1.82) is 0 Å². The van der Waals surface area contributed by atoms with Crippen molar-refractivity contribution < 1.29 is 19.9 Å². The second-order valence-corrected chi connectivity index (χ2v) is 8.98. The van der Waals surface area contributed by atoms with Gasteiger partial charge in [0, 0.05) is 35.3 Å². The number of nitrogens with zero attached hydrogens (tertiary/aromatic N) is 1. The predicted octanol–water partition coefficient (Wildman–Crippen LogP) is 4.76. The largest absolute Gasteiger partial charge is 0.508 e. The van der Waals surface area contributed by atoms with Crippen LogP contribution >= 0.6 is 0 Å². The quantitative estimate of drug-likeness (QED) is 0.173. The Hall–Kier alpha value is -4.36. The molecule has 0 aliphatic heterocycles. The minimum atomic E-state index is -0.587. The van der Waals surface area contributed by atoms with E-state index in [1.165, 1.54) is 18.2 Å². The summed E-state index contributed by atoms with van der Waals surface area (Å²) in [6, 6.07) is 20.4. The molecule has 0 bridgehead atoms. The number of aryl methyl sites for hydroxylation is 1. The zero-order valence-electron chi connectivity index (χ0n) is 19.6. The van der Waals surface area contributed by atoms with Gasteiger partial charge >= 0.3 is 0 Å². The van der Waals surface area contributed by atoms with Crippen LogP contribution in [0, 0.1) is 0 Å². The van der Waals surface area contributed by atoms with Crippen molar-refractivity contribution in [3.05, 3.63) is 107 Å². The van der Waals surface area contributed by atoms with E-state index in [-0.39, 0.29) is 17.7 Å². The zero-order chi connectivity index (χ0) is 25.1. The predicted molar refractivity (Wildman–Crippen MR) is 138 cm³/mol. The molecule has 1 atom stereocenters. The maximum Gasteiger partial charge on any atom is 0.267 e. The Morgan fingerprint density at radius 3 is 2.69 bits per heavy atom. The topological polar surface area (TPSA) is 106 Å². The molecular weight excluding hydrogens is 454 g/mol. The van der Waals surface area contributed by atoms with Crippen LogP contribution in [0.4, 0.5) is 0 Å². The molecule has 7 heteroatoms. The number of phenols is 1. The fourth-order valence-corrected chi connectivity index (χ4v) is 5.00. The Morgan fingerprint density at radius 1 is 1.08 bits per heavy atom. The first-order valence-electron chi connectivity index (χ1n) is 11.9. The lowest BCUT2D eigenvalue weighted by Gasteiger charge is -2.30. The Balaban J connectivity index is 1.44. The van der Waals surface area contributed by atoms with Crippen molar-refractivity contribution in [2.75, 3.05) is 6.54 Å². The van der Waals surface area contributed by atoms with Crippen molar-refractivity contribution in [3.63, 3.8) is 0 Å². The number of rotatable bonds is 7. The number of phenolic OH excluding ortho intramolecular Hbond substituents is 1. The van der Waals surface area contributed by atoms with Gasteiger partial charge in [-0.15, -0.1) is 0 Å². The molecule has 7 nitrogen and oxygen atoms in total. The maximum absolute atomic E-state index is 13.7. The number of fused-ring (bicyclic) bond motifs is 2. The van der Waals surface area contributed by atoms with Gasteiger partial charge in [0.1, 0.15) is 5.75 Å². The van der Waals surface area contributed by atoms with Crippen LogP contribution in [0.15, 0.2) is 79.0 Å². The Morgan fingerprint density at radius 2 is 1.89 bits per heavy atom. The molecule has 0 saturated heterocycles. The first-order chi connectivity index (χ1) is 17.5. The van der Waals surface area contributed by atoms with Crippen LogP contribution in [0.25, 0.3) is 17.0 Å². The second kappa shape index (κ2) is 10.1. The normalized spacial score (nSPS) is 14.8. The molecule has 0 radical (unpaired) electrons. The highest BCUT2D eigenvalue weighted by atomic mass is 16.5. The molecule has 1 aliphatic rings. The van der Waals surface area contributed by atoms with Crippen LogP contribution in [0.3, 0.4) is 0 Å². The third kappa shape index (κ3) is 4.74. The van der Waals surface area contributed by atoms with Crippen LogP contribution in [-0.4, -0.2) is 38.6 Å². The minimum absolute atomic E-state index is 0.0729. The maximum atomic E-state index is 13.7. The van der Waals surface area contributed by atoms with E-state index in [1.807, 2.05) is 47.5 Å². The Labute approximate surface area is 208 Å². The number of para-hydroxylation sites is 1. The molecule has 4 N–H and O–H groups in total. The third-order valence-electron chi connectivity index (χ3n) is 6.80. The summed E-state index contributed by atoms with van der Waals surface area (Å²) < 4.78 is 0. The molecule has 1 aromatic heterocycles. The van der Waals surface area contributed by atoms with E-state index in [4.69, 9.17) is 5.21 Å². The molecule has 0 saturated carbocycles. The fraction of sp³-hybridized carbons (Fsp3) is 0.172. The number of benzene rings is 3. The van der Waals surface area contributed by atoms with Crippen molar-refractivity contribution in [2.45, 2.75) is 25.3 Å². The van der Waals surface area contributed by atoms with Crippen molar-refractivity contribution >= 4 is 28.8 Å². The first kappa shape index (κ1) is 23.4. The third-order valence-corrected chi connectivity index (χ3v) is 6.80. The average Bonchev–Trinajstić information content (AvgIpc) is 3.52. The van der Waals surface area contributed by atoms with Crippen LogP contribution < -0.4 is 5.48 Å². The SMILES string of the molecule is O=C(C=Cc1ccc2c(c1)CCC2N(CCc1c[nH]c2ccccc12)C(=O)c1ccc(O)cc1)NO. The van der Waals surface area contributed by atoms with Crippen LogP contribution in [0.2, 0.25) is 0 Å². The molecule has 182 valence electrons. The van der Waals surface area contributed by atoms with E-state index < -0.39 is 5.91 Å². The van der Waals surface area contributed by atoms with E-state index in [2.05, 4.69) is 11.1 Å². The number of nitrogens with one attached hydrogen (secondary N) is 2. The lowest BCUT2D eigenvalue weighted by molar-refractivity contribution is -0.124. The zero-order valence-corrected chi connectivity index (χ0v) is 19.6. The number of hydroxylamine groups is 1. The molecule has 0 spiro atoms. The lowest BCUT2D eigenvalue weighted by atomic mass is 10.0. The van der Waals surface area contributed by atoms with Gasteiger partial charge < -0.3 is 15.0 Å². The van der Waals surface area contributed by atoms with Gasteiger partial charge in [-0.25, -0.2) is 5.48 Å². The summed E-state index contributed by atoms with van der Waals surface area (Å²) in [6.45, 7) is 0.546. The number of carbonyl (C=O) groups excluding carboxylic acids is 2. The van der Waals surface area contributed by atoms with Crippen molar-refractivity contribution in [3.8, 4) is 5.75 Å². The number of hydrogen-bond acceptors (Lipinski definition) is 4. The molecule has 5 rings (SSSR count). The highest BCUT2D eigenvalue weighted by Gasteiger charge is 2.31. The van der Waals surface area contributed by atoms with Crippen LogP contribution in [-0.2, 0) is 17.6 Å². The van der Waals surface area contributed by atoms with Gasteiger partial charge in [-0.3, -0.25) is 14.8 Å². The van der Waals surface area contributed by atoms with Gasteiger partial charge in [0.15, 0.2) is 0 Å². The molecule has 1 unspecified atom stereocenters. The van der Waals surface area contributed by atoms with Gasteiger partial charge in [-0.05, 0) is 77.9 Å². The summed E-state index contributed by atoms with van der Waals surface area (Å²) in [4.78, 5) is 30.3. The van der Waals surface area contributed by atoms with E-state index in [9.17, 15) is 14.7 Å². The molecule has 0 fully saturated rings. The highest BCUT2D eigenvalue weighted by molar-refractivity contribution is 5.95. The standard InChI is InChI=1S/C29H27N3O4/c33-23-10-7-20(8-11-23)29(35)32(16-15-22-18-30-26-4-2-1-3-24(22)26)27-13-9-21-17-19(5-12-25(21)27)6-14-28(34)31-36/h1-8,10-12,14,17-18,27,30,33,36H,9,13,15-16H2,(H,31,34). The number of aromatic hydroxyl groups is 1. The summed E-state index contributed by atoms with van der Waals surface area (Å²) in [6.07, 6.45) is 7.26. The van der Waals surface area contributed by atoms with E-state index >= 15 is 0 Å². The number of hydrogen-bond donors (Lipinski definition) is 4. The second-order valence-electron chi connectivity index (χ2n) is 8.98. The number of aromatic amines is 1. The van der Waals surface area contributed by atoms with Crippen LogP contribution in [0.5, 0.6) is 5.75 Å². The lowest BCUT2D eigenvalue weighted by Crippen LogP contribution is -2.35. The smallest absolute Gasteiger partial charge is 0.267 e. The van der Waals surface area contributed by atoms with Gasteiger partial charge in [-0.1, -0.05) is 36.4 Å². The molecule has 2 amide bonds. The fourth-order valence-electron chi connectivity index (χ4n) is 5.00. The van der Waals surface area contributed by atoms with Gasteiger partial charge in [-0.2, -0.15) is 0 Å². The Kier molecular flexibility index (Phi) is 6.56. The van der Waals surface area contributed by atoms with Gasteiger partial charge in [0.25, 0.3) is 11.8 Å². The number of H-pyrrole nitrogens is 1. The first-order valence-corrected chi connectivity index (χ1v) is 11.9. The summed E-state index contributed by atoms with van der Waals surface area (Å²) in [5, 5.41) is 19.5. The monoisotopic (exact) mass is 481 g/mol. The molecule has 36 heavy (non-hydrogen) atoms. The minimum Gasteiger partial charge on any atom is -0.508 e. The molecule has 3 aromatic carbocycles. The van der Waals surface area contributed by atoms with Crippen molar-refractivity contribution in [2.24, 2.45) is 0 Å². The molecule has 4 aromatic rings. The van der Waals surface area contributed by atoms with E-state index in [0.29, 0.717) is 18.5 Å². The highest BCUT2D eigenvalue weighted by Crippen LogP contribution is 2.37. The summed E-state index contributed by atoms with van der Waals surface area (Å²) in [5.74, 6) is -0.536. The summed E-state index contributed by atoms with van der Waals surface area (Å²) in [7, 11) is 0. The van der Waals surface area contributed by atoms with E-state index in [0.717, 1.165) is 46.0 Å². The van der Waals surface area contributed by atoms with E-state index in [1.54, 1.807) is 23.7 Å².